The molecule has 0 aliphatic carbocycles. The van der Waals surface area contributed by atoms with Crippen LogP contribution in [0.4, 0.5) is 0 Å². The zero-order valence-corrected chi connectivity index (χ0v) is 18.1. The zero-order valence-electron chi connectivity index (χ0n) is 18.1. The standard InChI is InChI=1S/C22H27N7O2/c1-15-20(16(2)27(3)25-15)22(31)29-11-7-10-18(29)13-28-14-19(24-26-28)21(30)23-12-17-8-5-4-6-9-17/h4-6,8-9,14,18H,7,10-13H2,1-3H3,(H,23,30)/t18-/m0/s1. The van der Waals surface area contributed by atoms with Crippen LogP contribution in [0.1, 0.15) is 50.6 Å². The van der Waals surface area contributed by atoms with E-state index in [0.717, 1.165) is 29.8 Å². The van der Waals surface area contributed by atoms with Crippen molar-refractivity contribution in [2.75, 3.05) is 6.54 Å². The molecular weight excluding hydrogens is 394 g/mol. The first kappa shape index (κ1) is 20.8. The van der Waals surface area contributed by atoms with Crippen molar-refractivity contribution in [1.29, 1.82) is 0 Å². The second-order valence-electron chi connectivity index (χ2n) is 7.96. The first-order valence-corrected chi connectivity index (χ1v) is 10.5. The molecule has 1 fully saturated rings. The molecule has 0 spiro atoms. The number of nitrogens with one attached hydrogen (secondary N) is 1. The van der Waals surface area contributed by atoms with Crippen LogP contribution in [0.2, 0.25) is 0 Å². The number of aryl methyl sites for hydroxylation is 2. The molecule has 1 N–H and O–H groups in total. The molecule has 0 saturated carbocycles. The molecule has 31 heavy (non-hydrogen) atoms. The van der Waals surface area contributed by atoms with Gasteiger partial charge in [-0.15, -0.1) is 5.10 Å². The number of amides is 2. The molecule has 1 aromatic carbocycles. The van der Waals surface area contributed by atoms with Gasteiger partial charge in [0.15, 0.2) is 5.69 Å². The van der Waals surface area contributed by atoms with Gasteiger partial charge in [0, 0.05) is 25.8 Å². The molecule has 0 radical (unpaired) electrons. The zero-order chi connectivity index (χ0) is 22.0. The minimum atomic E-state index is -0.268. The Kier molecular flexibility index (Phi) is 5.83. The third-order valence-electron chi connectivity index (χ3n) is 5.83. The highest BCUT2D eigenvalue weighted by molar-refractivity contribution is 5.96. The van der Waals surface area contributed by atoms with Crippen molar-refractivity contribution in [2.24, 2.45) is 7.05 Å². The smallest absolute Gasteiger partial charge is 0.273 e. The maximum Gasteiger partial charge on any atom is 0.273 e. The SMILES string of the molecule is Cc1nn(C)c(C)c1C(=O)N1CCC[C@H]1Cn1cc(C(=O)NCc2ccccc2)nn1. The topological polar surface area (TPSA) is 97.9 Å². The van der Waals surface area contributed by atoms with Crippen molar-refractivity contribution in [1.82, 2.24) is 35.0 Å². The van der Waals surface area contributed by atoms with Crippen molar-refractivity contribution in [3.05, 3.63) is 64.7 Å². The summed E-state index contributed by atoms with van der Waals surface area (Å²) in [5, 5.41) is 15.4. The maximum atomic E-state index is 13.2. The van der Waals surface area contributed by atoms with Gasteiger partial charge >= 0.3 is 0 Å². The third kappa shape index (κ3) is 4.35. The third-order valence-corrected chi connectivity index (χ3v) is 5.83. The van der Waals surface area contributed by atoms with E-state index in [2.05, 4.69) is 20.7 Å². The average Bonchev–Trinajstić information content (AvgIpc) is 3.47. The summed E-state index contributed by atoms with van der Waals surface area (Å²) in [6, 6.07) is 9.71. The van der Waals surface area contributed by atoms with Gasteiger partial charge in [0.2, 0.25) is 0 Å². The van der Waals surface area contributed by atoms with Crippen LogP contribution in [-0.4, -0.2) is 54.1 Å². The lowest BCUT2D eigenvalue weighted by Crippen LogP contribution is -2.38. The number of carbonyl (C=O) groups is 2. The van der Waals surface area contributed by atoms with Crippen molar-refractivity contribution in [3.63, 3.8) is 0 Å². The van der Waals surface area contributed by atoms with Crippen molar-refractivity contribution in [3.8, 4) is 0 Å². The minimum absolute atomic E-state index is 0.00606. The summed E-state index contributed by atoms with van der Waals surface area (Å²) < 4.78 is 3.39. The molecular formula is C22H27N7O2. The molecule has 0 unspecified atom stereocenters. The molecule has 1 saturated heterocycles. The first-order valence-electron chi connectivity index (χ1n) is 10.5. The van der Waals surface area contributed by atoms with E-state index in [9.17, 15) is 9.59 Å². The lowest BCUT2D eigenvalue weighted by atomic mass is 10.1. The predicted molar refractivity (Wildman–Crippen MR) is 114 cm³/mol. The second-order valence-corrected chi connectivity index (χ2v) is 7.96. The molecule has 0 bridgehead atoms. The van der Waals surface area contributed by atoms with E-state index >= 15 is 0 Å². The molecule has 9 nitrogen and oxygen atoms in total. The Bertz CT molecular complexity index is 1090. The summed E-state index contributed by atoms with van der Waals surface area (Å²) >= 11 is 0. The molecule has 9 heteroatoms. The molecule has 2 aromatic heterocycles. The van der Waals surface area contributed by atoms with E-state index in [1.54, 1.807) is 15.6 Å². The molecule has 162 valence electrons. The van der Waals surface area contributed by atoms with E-state index in [1.807, 2.05) is 56.1 Å². The molecule has 1 aliphatic heterocycles. The Balaban J connectivity index is 1.40. The van der Waals surface area contributed by atoms with Gasteiger partial charge in [-0.2, -0.15) is 5.10 Å². The molecule has 3 heterocycles. The summed E-state index contributed by atoms with van der Waals surface area (Å²) in [4.78, 5) is 27.5. The maximum absolute atomic E-state index is 13.2. The van der Waals surface area contributed by atoms with E-state index in [1.165, 1.54) is 0 Å². The molecule has 2 amide bonds. The largest absolute Gasteiger partial charge is 0.347 e. The summed E-state index contributed by atoms with van der Waals surface area (Å²) in [5.74, 6) is -0.261. The van der Waals surface area contributed by atoms with Gasteiger partial charge in [-0.25, -0.2) is 4.68 Å². The van der Waals surface area contributed by atoms with Gasteiger partial charge in [0.1, 0.15) is 0 Å². The van der Waals surface area contributed by atoms with E-state index in [-0.39, 0.29) is 23.6 Å². The van der Waals surface area contributed by atoms with Gasteiger partial charge in [0.05, 0.1) is 30.0 Å². The Morgan fingerprint density at radius 1 is 1.19 bits per heavy atom. The van der Waals surface area contributed by atoms with Crippen molar-refractivity contribution < 1.29 is 9.59 Å². The quantitative estimate of drug-likeness (QED) is 0.655. The Labute approximate surface area is 181 Å². The lowest BCUT2D eigenvalue weighted by Gasteiger charge is -2.24. The van der Waals surface area contributed by atoms with Crippen LogP contribution in [0, 0.1) is 13.8 Å². The summed E-state index contributed by atoms with van der Waals surface area (Å²) in [7, 11) is 1.85. The predicted octanol–water partition coefficient (Wildman–Crippen LogP) is 1.86. The summed E-state index contributed by atoms with van der Waals surface area (Å²) in [6.07, 6.45) is 3.47. The number of aromatic nitrogens is 5. The molecule has 3 aromatic rings. The number of likely N-dealkylation sites (tertiary alicyclic amines) is 1. The van der Waals surface area contributed by atoms with Crippen LogP contribution in [0.3, 0.4) is 0 Å². The first-order chi connectivity index (χ1) is 14.9. The minimum Gasteiger partial charge on any atom is -0.347 e. The number of benzene rings is 1. The van der Waals surface area contributed by atoms with E-state index < -0.39 is 0 Å². The lowest BCUT2D eigenvalue weighted by molar-refractivity contribution is 0.0719. The number of hydrogen-bond donors (Lipinski definition) is 1. The fourth-order valence-corrected chi connectivity index (χ4v) is 4.10. The van der Waals surface area contributed by atoms with Crippen molar-refractivity contribution >= 4 is 11.8 Å². The van der Waals surface area contributed by atoms with Gasteiger partial charge in [-0.1, -0.05) is 35.5 Å². The molecule has 1 aliphatic rings. The second kappa shape index (κ2) is 8.71. The van der Waals surface area contributed by atoms with Crippen LogP contribution >= 0.6 is 0 Å². The normalized spacial score (nSPS) is 16.0. The average molecular weight is 422 g/mol. The van der Waals surface area contributed by atoms with Gasteiger partial charge in [0.25, 0.3) is 11.8 Å². The summed E-state index contributed by atoms with van der Waals surface area (Å²) in [6.45, 7) is 5.42. The monoisotopic (exact) mass is 421 g/mol. The van der Waals surface area contributed by atoms with Crippen LogP contribution < -0.4 is 5.32 Å². The highest BCUT2D eigenvalue weighted by Crippen LogP contribution is 2.24. The van der Waals surface area contributed by atoms with Gasteiger partial charge < -0.3 is 10.2 Å². The number of nitrogens with zero attached hydrogens (tertiary/aromatic N) is 6. The fraction of sp³-hybridized carbons (Fsp3) is 0.409. The van der Waals surface area contributed by atoms with Crippen LogP contribution in [0.25, 0.3) is 0 Å². The van der Waals surface area contributed by atoms with E-state index in [0.29, 0.717) is 25.2 Å². The Morgan fingerprint density at radius 2 is 1.97 bits per heavy atom. The van der Waals surface area contributed by atoms with Crippen LogP contribution in [0.15, 0.2) is 36.5 Å². The fourth-order valence-electron chi connectivity index (χ4n) is 4.10. The number of rotatable bonds is 6. The Morgan fingerprint density at radius 3 is 2.68 bits per heavy atom. The van der Waals surface area contributed by atoms with E-state index in [4.69, 9.17) is 0 Å². The molecule has 1 atom stereocenters. The van der Waals surface area contributed by atoms with Gasteiger partial charge in [-0.05, 0) is 32.3 Å². The highest BCUT2D eigenvalue weighted by atomic mass is 16.2. The summed E-state index contributed by atoms with van der Waals surface area (Å²) in [5.41, 5.74) is 3.57. The highest BCUT2D eigenvalue weighted by Gasteiger charge is 2.32. The van der Waals surface area contributed by atoms with Gasteiger partial charge in [-0.3, -0.25) is 14.3 Å². The number of hydrogen-bond acceptors (Lipinski definition) is 5. The molecule has 4 rings (SSSR count). The Hall–Kier alpha value is -3.49. The van der Waals surface area contributed by atoms with Crippen LogP contribution in [0.5, 0.6) is 0 Å². The van der Waals surface area contributed by atoms with Crippen LogP contribution in [-0.2, 0) is 20.1 Å². The van der Waals surface area contributed by atoms with Crippen molar-refractivity contribution in [2.45, 2.75) is 45.8 Å². The number of carbonyl (C=O) groups excluding carboxylic acids is 2.